The second kappa shape index (κ2) is 3.64. The number of alkyl halides is 3. The first-order valence-electron chi connectivity index (χ1n) is 3.43. The third kappa shape index (κ3) is 2.09. The second-order valence-corrected chi connectivity index (χ2v) is 3.21. The molecule has 1 aromatic heterocycles. The van der Waals surface area contributed by atoms with E-state index in [1.54, 1.807) is 0 Å². The highest BCUT2D eigenvalue weighted by molar-refractivity contribution is 9.10. The van der Waals surface area contributed by atoms with Crippen LogP contribution >= 0.6 is 15.9 Å². The lowest BCUT2D eigenvalue weighted by Crippen LogP contribution is -2.10. The molecule has 78 valence electrons. The summed E-state index contributed by atoms with van der Waals surface area (Å²) >= 11 is 2.96. The van der Waals surface area contributed by atoms with Crippen molar-refractivity contribution < 1.29 is 17.9 Å². The van der Waals surface area contributed by atoms with Crippen molar-refractivity contribution in [2.75, 3.05) is 12.8 Å². The molecule has 1 rings (SSSR count). The fraction of sp³-hybridized carbons (Fsp3) is 0.286. The fourth-order valence-electron chi connectivity index (χ4n) is 0.805. The van der Waals surface area contributed by atoms with Crippen molar-refractivity contribution in [2.24, 2.45) is 0 Å². The van der Waals surface area contributed by atoms with Crippen LogP contribution in [-0.2, 0) is 6.18 Å². The first kappa shape index (κ1) is 11.1. The maximum atomic E-state index is 12.2. The van der Waals surface area contributed by atoms with Crippen LogP contribution in [0.2, 0.25) is 0 Å². The van der Waals surface area contributed by atoms with Gasteiger partial charge >= 0.3 is 6.18 Å². The summed E-state index contributed by atoms with van der Waals surface area (Å²) in [6.45, 7) is 0. The van der Waals surface area contributed by atoms with Gasteiger partial charge in [-0.25, -0.2) is 4.98 Å². The first-order valence-corrected chi connectivity index (χ1v) is 4.22. The third-order valence-electron chi connectivity index (χ3n) is 1.44. The molecule has 2 N–H and O–H groups in total. The Bertz CT molecular complexity index is 354. The minimum Gasteiger partial charge on any atom is -0.480 e. The summed E-state index contributed by atoms with van der Waals surface area (Å²) in [5, 5.41) is 0. The molecule has 0 saturated carbocycles. The van der Waals surface area contributed by atoms with Crippen LogP contribution in [0.5, 0.6) is 5.88 Å². The van der Waals surface area contributed by atoms with Crippen molar-refractivity contribution in [1.29, 1.82) is 0 Å². The molecular formula is C7H6BrF3N2O. The standard InChI is InChI=1S/C7H6BrF3N2O/c1-14-6-5(8)3(12)2-4(13-6)7(9,10)11/h2H,1H3,(H2,12,13). The van der Waals surface area contributed by atoms with Gasteiger partial charge in [0.2, 0.25) is 5.88 Å². The molecule has 0 unspecified atom stereocenters. The third-order valence-corrected chi connectivity index (χ3v) is 2.24. The Morgan fingerprint density at radius 1 is 1.50 bits per heavy atom. The highest BCUT2D eigenvalue weighted by atomic mass is 79.9. The Kier molecular flexibility index (Phi) is 2.89. The van der Waals surface area contributed by atoms with Crippen molar-refractivity contribution in [1.82, 2.24) is 4.98 Å². The Balaban J connectivity index is 3.30. The molecule has 0 fully saturated rings. The number of methoxy groups -OCH3 is 1. The van der Waals surface area contributed by atoms with Gasteiger partial charge in [0, 0.05) is 0 Å². The van der Waals surface area contributed by atoms with Gasteiger partial charge in [0.1, 0.15) is 4.47 Å². The largest absolute Gasteiger partial charge is 0.480 e. The summed E-state index contributed by atoms with van der Waals surface area (Å²) in [7, 11) is 1.21. The van der Waals surface area contributed by atoms with Crippen molar-refractivity contribution in [3.63, 3.8) is 0 Å². The van der Waals surface area contributed by atoms with Gasteiger partial charge < -0.3 is 10.5 Å². The Hall–Kier alpha value is -0.980. The number of anilines is 1. The molecule has 3 nitrogen and oxygen atoms in total. The van der Waals surface area contributed by atoms with E-state index in [2.05, 4.69) is 25.7 Å². The lowest BCUT2D eigenvalue weighted by Gasteiger charge is -2.10. The van der Waals surface area contributed by atoms with Crippen LogP contribution in [0.25, 0.3) is 0 Å². The quantitative estimate of drug-likeness (QED) is 0.853. The van der Waals surface area contributed by atoms with Gasteiger partial charge in [-0.15, -0.1) is 0 Å². The van der Waals surface area contributed by atoms with Crippen molar-refractivity contribution in [3.05, 3.63) is 16.2 Å². The average molecular weight is 271 g/mol. The molecule has 14 heavy (non-hydrogen) atoms. The number of ether oxygens (including phenoxy) is 1. The smallest absolute Gasteiger partial charge is 0.433 e. The van der Waals surface area contributed by atoms with Gasteiger partial charge in [-0.3, -0.25) is 0 Å². The lowest BCUT2D eigenvalue weighted by molar-refractivity contribution is -0.141. The molecule has 0 aliphatic carbocycles. The van der Waals surface area contributed by atoms with E-state index in [1.807, 2.05) is 0 Å². The summed E-state index contributed by atoms with van der Waals surface area (Å²) in [5.41, 5.74) is 4.19. The molecular weight excluding hydrogens is 265 g/mol. The monoisotopic (exact) mass is 270 g/mol. The number of hydrogen-bond donors (Lipinski definition) is 1. The van der Waals surface area contributed by atoms with E-state index in [9.17, 15) is 13.2 Å². The number of pyridine rings is 1. The molecule has 7 heteroatoms. The Morgan fingerprint density at radius 2 is 2.07 bits per heavy atom. The number of halogens is 4. The maximum Gasteiger partial charge on any atom is 0.433 e. The van der Waals surface area contributed by atoms with Gasteiger partial charge in [0.25, 0.3) is 0 Å². The summed E-state index contributed by atoms with van der Waals surface area (Å²) in [4.78, 5) is 3.25. The molecule has 0 radical (unpaired) electrons. The van der Waals surface area contributed by atoms with Gasteiger partial charge in [-0.05, 0) is 22.0 Å². The van der Waals surface area contributed by atoms with Crippen molar-refractivity contribution in [3.8, 4) is 5.88 Å². The van der Waals surface area contributed by atoms with E-state index in [-0.39, 0.29) is 16.0 Å². The van der Waals surface area contributed by atoms with Crippen LogP contribution in [0.1, 0.15) is 5.69 Å². The molecule has 0 aliphatic rings. The van der Waals surface area contributed by atoms with Gasteiger partial charge in [-0.2, -0.15) is 13.2 Å². The fourth-order valence-corrected chi connectivity index (χ4v) is 1.17. The molecule has 0 amide bonds. The zero-order valence-corrected chi connectivity index (χ0v) is 8.61. The molecule has 0 bridgehead atoms. The summed E-state index contributed by atoms with van der Waals surface area (Å²) < 4.78 is 41.5. The number of nitrogens with zero attached hydrogens (tertiary/aromatic N) is 1. The minimum absolute atomic E-state index is 0.0656. The van der Waals surface area contributed by atoms with E-state index >= 15 is 0 Å². The van der Waals surface area contributed by atoms with Crippen molar-refractivity contribution >= 4 is 21.6 Å². The normalized spacial score (nSPS) is 11.5. The van der Waals surface area contributed by atoms with Crippen LogP contribution in [0, 0.1) is 0 Å². The maximum absolute atomic E-state index is 12.2. The number of nitrogens with two attached hydrogens (primary N) is 1. The summed E-state index contributed by atoms with van der Waals surface area (Å²) in [6.07, 6.45) is -4.53. The van der Waals surface area contributed by atoms with Gasteiger partial charge in [0.15, 0.2) is 5.69 Å². The first-order chi connectivity index (χ1) is 6.36. The van der Waals surface area contributed by atoms with Gasteiger partial charge in [-0.1, -0.05) is 0 Å². The molecule has 0 saturated heterocycles. The molecule has 1 aromatic rings. The number of rotatable bonds is 1. The number of aromatic nitrogens is 1. The van der Waals surface area contributed by atoms with Crippen LogP contribution < -0.4 is 10.5 Å². The van der Waals surface area contributed by atoms with E-state index < -0.39 is 11.9 Å². The van der Waals surface area contributed by atoms with Crippen LogP contribution in [0.3, 0.4) is 0 Å². The van der Waals surface area contributed by atoms with Crippen LogP contribution in [-0.4, -0.2) is 12.1 Å². The molecule has 1 heterocycles. The van der Waals surface area contributed by atoms with E-state index in [4.69, 9.17) is 5.73 Å². The predicted molar refractivity (Wildman–Crippen MR) is 47.9 cm³/mol. The number of nitrogen functional groups attached to an aromatic ring is 1. The van der Waals surface area contributed by atoms with E-state index in [0.29, 0.717) is 0 Å². The van der Waals surface area contributed by atoms with Crippen LogP contribution in [0.15, 0.2) is 10.5 Å². The minimum atomic E-state index is -4.53. The average Bonchev–Trinajstić information content (AvgIpc) is 2.07. The molecule has 0 aromatic carbocycles. The Morgan fingerprint density at radius 3 is 2.50 bits per heavy atom. The zero-order valence-electron chi connectivity index (χ0n) is 7.02. The highest BCUT2D eigenvalue weighted by Gasteiger charge is 2.34. The van der Waals surface area contributed by atoms with Crippen LogP contribution in [0.4, 0.5) is 18.9 Å². The Labute approximate surface area is 86.2 Å². The van der Waals surface area contributed by atoms with Gasteiger partial charge in [0.05, 0.1) is 12.8 Å². The SMILES string of the molecule is COc1nc(C(F)(F)F)cc(N)c1Br. The topological polar surface area (TPSA) is 48.1 Å². The second-order valence-electron chi connectivity index (χ2n) is 2.42. The van der Waals surface area contributed by atoms with Crippen molar-refractivity contribution in [2.45, 2.75) is 6.18 Å². The van der Waals surface area contributed by atoms with E-state index in [1.165, 1.54) is 7.11 Å². The lowest BCUT2D eigenvalue weighted by atomic mass is 10.3. The summed E-state index contributed by atoms with van der Waals surface area (Å²) in [6, 6.07) is 0.743. The van der Waals surface area contributed by atoms with E-state index in [0.717, 1.165) is 6.07 Å². The molecule has 0 spiro atoms. The molecule has 0 atom stereocenters. The molecule has 0 aliphatic heterocycles. The summed E-state index contributed by atoms with van der Waals surface area (Å²) in [5.74, 6) is -0.183. The zero-order chi connectivity index (χ0) is 10.9. The predicted octanol–water partition coefficient (Wildman–Crippen LogP) is 2.45. The number of hydrogen-bond acceptors (Lipinski definition) is 3. The highest BCUT2D eigenvalue weighted by Crippen LogP contribution is 2.35.